The molecule has 4 heteroatoms. The van der Waals surface area contributed by atoms with Crippen molar-refractivity contribution in [2.24, 2.45) is 0 Å². The zero-order chi connectivity index (χ0) is 15.5. The Bertz CT molecular complexity index is 879. The van der Waals surface area contributed by atoms with Crippen molar-refractivity contribution in [3.05, 3.63) is 76.7 Å². The number of hydrogen-bond donors (Lipinski definition) is 1. The van der Waals surface area contributed by atoms with Crippen LogP contribution in [0.25, 0.3) is 10.8 Å². The predicted octanol–water partition coefficient (Wildman–Crippen LogP) is 2.95. The lowest BCUT2D eigenvalue weighted by Crippen LogP contribution is -2.27. The molecule has 1 heterocycles. The molecule has 3 rings (SSSR count). The summed E-state index contributed by atoms with van der Waals surface area (Å²) in [6, 6.07) is 16.7. The fourth-order valence-corrected chi connectivity index (χ4v) is 2.35. The molecule has 0 aliphatic heterocycles. The second-order valence-corrected chi connectivity index (χ2v) is 5.25. The first kappa shape index (κ1) is 14.1. The Morgan fingerprint density at radius 1 is 1.05 bits per heavy atom. The number of nitrogens with one attached hydrogen (secondary N) is 1. The van der Waals surface area contributed by atoms with Crippen LogP contribution in [0.15, 0.2) is 65.6 Å². The average molecular weight is 292 g/mol. The van der Waals surface area contributed by atoms with Gasteiger partial charge in [-0.05, 0) is 36.6 Å². The third kappa shape index (κ3) is 2.91. The Hall–Kier alpha value is -2.88. The van der Waals surface area contributed by atoms with E-state index in [4.69, 9.17) is 0 Å². The molecule has 0 saturated carbocycles. The molecular weight excluding hydrogens is 276 g/mol. The molecule has 3 aromatic rings. The number of pyridine rings is 1. The van der Waals surface area contributed by atoms with E-state index in [-0.39, 0.29) is 18.0 Å². The van der Waals surface area contributed by atoms with Crippen LogP contribution in [0.5, 0.6) is 0 Å². The molecule has 0 spiro atoms. The highest BCUT2D eigenvalue weighted by Crippen LogP contribution is 2.10. The van der Waals surface area contributed by atoms with Gasteiger partial charge in [-0.1, -0.05) is 35.9 Å². The van der Waals surface area contributed by atoms with Crippen LogP contribution < -0.4 is 10.9 Å². The van der Waals surface area contributed by atoms with E-state index >= 15 is 0 Å². The molecule has 0 atom stereocenters. The van der Waals surface area contributed by atoms with Crippen molar-refractivity contribution in [2.45, 2.75) is 13.5 Å². The Morgan fingerprint density at radius 3 is 2.55 bits per heavy atom. The molecule has 22 heavy (non-hydrogen) atoms. The van der Waals surface area contributed by atoms with Gasteiger partial charge in [0, 0.05) is 17.3 Å². The Morgan fingerprint density at radius 2 is 1.77 bits per heavy atom. The summed E-state index contributed by atoms with van der Waals surface area (Å²) < 4.78 is 1.42. The number of carbonyl (C=O) groups is 1. The Labute approximate surface area is 128 Å². The number of carbonyl (C=O) groups excluding carboxylic acids is 1. The highest BCUT2D eigenvalue weighted by Gasteiger charge is 2.07. The van der Waals surface area contributed by atoms with Gasteiger partial charge >= 0.3 is 0 Å². The molecule has 1 N–H and O–H groups in total. The molecule has 0 aliphatic rings. The van der Waals surface area contributed by atoms with Crippen molar-refractivity contribution in [3.8, 4) is 0 Å². The fraction of sp³-hybridized carbons (Fsp3) is 0.111. The number of rotatable bonds is 3. The van der Waals surface area contributed by atoms with E-state index in [1.165, 1.54) is 4.57 Å². The zero-order valence-electron chi connectivity index (χ0n) is 12.2. The summed E-state index contributed by atoms with van der Waals surface area (Å²) >= 11 is 0. The quantitative estimate of drug-likeness (QED) is 0.807. The van der Waals surface area contributed by atoms with Crippen LogP contribution in [0.1, 0.15) is 5.56 Å². The molecule has 1 aromatic heterocycles. The fourth-order valence-electron chi connectivity index (χ4n) is 2.35. The molecule has 2 aromatic carbocycles. The van der Waals surface area contributed by atoms with Gasteiger partial charge in [0.2, 0.25) is 5.91 Å². The summed E-state index contributed by atoms with van der Waals surface area (Å²) in [5.41, 5.74) is 1.70. The third-order valence-electron chi connectivity index (χ3n) is 3.54. The number of hydrogen-bond acceptors (Lipinski definition) is 2. The largest absolute Gasteiger partial charge is 0.325 e. The number of nitrogens with zero attached hydrogens (tertiary/aromatic N) is 1. The van der Waals surface area contributed by atoms with Gasteiger partial charge < -0.3 is 9.88 Å². The smallest absolute Gasteiger partial charge is 0.258 e. The second kappa shape index (κ2) is 5.85. The average Bonchev–Trinajstić information content (AvgIpc) is 2.53. The van der Waals surface area contributed by atoms with E-state index in [0.29, 0.717) is 5.39 Å². The van der Waals surface area contributed by atoms with E-state index < -0.39 is 0 Å². The predicted molar refractivity (Wildman–Crippen MR) is 88.0 cm³/mol. The van der Waals surface area contributed by atoms with Crippen molar-refractivity contribution in [3.63, 3.8) is 0 Å². The van der Waals surface area contributed by atoms with Crippen LogP contribution in [-0.2, 0) is 11.3 Å². The first-order valence-electron chi connectivity index (χ1n) is 7.08. The van der Waals surface area contributed by atoms with Crippen LogP contribution in [0.2, 0.25) is 0 Å². The highest BCUT2D eigenvalue weighted by molar-refractivity contribution is 5.91. The van der Waals surface area contributed by atoms with Crippen molar-refractivity contribution < 1.29 is 4.79 Å². The molecule has 4 nitrogen and oxygen atoms in total. The lowest BCUT2D eigenvalue weighted by atomic mass is 10.2. The van der Waals surface area contributed by atoms with Crippen molar-refractivity contribution in [2.75, 3.05) is 5.32 Å². The lowest BCUT2D eigenvalue weighted by Gasteiger charge is -2.08. The van der Waals surface area contributed by atoms with Gasteiger partial charge in [0.25, 0.3) is 5.56 Å². The van der Waals surface area contributed by atoms with E-state index in [2.05, 4.69) is 5.32 Å². The van der Waals surface area contributed by atoms with Gasteiger partial charge in [0.15, 0.2) is 0 Å². The lowest BCUT2D eigenvalue weighted by molar-refractivity contribution is -0.116. The molecule has 0 radical (unpaired) electrons. The maximum Gasteiger partial charge on any atom is 0.258 e. The summed E-state index contributed by atoms with van der Waals surface area (Å²) in [6.45, 7) is 1.98. The maximum absolute atomic E-state index is 12.3. The number of fused-ring (bicyclic) bond motifs is 1. The molecule has 0 fully saturated rings. The standard InChI is InChI=1S/C18H16N2O2/c1-13-6-8-15(9-7-13)19-17(21)12-20-11-10-14-4-2-3-5-16(14)18(20)22/h2-11H,12H2,1H3,(H,19,21). The molecule has 0 bridgehead atoms. The van der Waals surface area contributed by atoms with Crippen LogP contribution in [0, 0.1) is 6.92 Å². The maximum atomic E-state index is 12.3. The van der Waals surface area contributed by atoms with Crippen LogP contribution >= 0.6 is 0 Å². The van der Waals surface area contributed by atoms with Crippen LogP contribution in [0.3, 0.4) is 0 Å². The highest BCUT2D eigenvalue weighted by atomic mass is 16.2. The van der Waals surface area contributed by atoms with Gasteiger partial charge in [-0.15, -0.1) is 0 Å². The number of amides is 1. The Kier molecular flexibility index (Phi) is 3.74. The van der Waals surface area contributed by atoms with Crippen LogP contribution in [-0.4, -0.2) is 10.5 Å². The minimum absolute atomic E-state index is 0.00244. The number of anilines is 1. The van der Waals surface area contributed by atoms with Crippen LogP contribution in [0.4, 0.5) is 5.69 Å². The first-order chi connectivity index (χ1) is 10.6. The molecule has 1 amide bonds. The summed E-state index contributed by atoms with van der Waals surface area (Å²) in [6.07, 6.45) is 1.65. The van der Waals surface area contributed by atoms with Gasteiger partial charge in [-0.2, -0.15) is 0 Å². The van der Waals surface area contributed by atoms with E-state index in [0.717, 1.165) is 16.6 Å². The normalized spacial score (nSPS) is 10.6. The summed E-state index contributed by atoms with van der Waals surface area (Å²) in [5, 5.41) is 4.29. The minimum atomic E-state index is -0.221. The molecule has 110 valence electrons. The van der Waals surface area contributed by atoms with Gasteiger partial charge in [-0.25, -0.2) is 0 Å². The second-order valence-electron chi connectivity index (χ2n) is 5.25. The summed E-state index contributed by atoms with van der Waals surface area (Å²) in [5.74, 6) is -0.221. The molecule has 0 aliphatic carbocycles. The van der Waals surface area contributed by atoms with E-state index in [1.807, 2.05) is 55.5 Å². The van der Waals surface area contributed by atoms with Crippen molar-refractivity contribution >= 4 is 22.4 Å². The molecular formula is C18H16N2O2. The minimum Gasteiger partial charge on any atom is -0.325 e. The van der Waals surface area contributed by atoms with Crippen molar-refractivity contribution in [1.82, 2.24) is 4.57 Å². The third-order valence-corrected chi connectivity index (χ3v) is 3.54. The molecule has 0 unspecified atom stereocenters. The summed E-state index contributed by atoms with van der Waals surface area (Å²) in [4.78, 5) is 24.4. The Balaban J connectivity index is 1.81. The van der Waals surface area contributed by atoms with Gasteiger partial charge in [-0.3, -0.25) is 9.59 Å². The van der Waals surface area contributed by atoms with E-state index in [9.17, 15) is 9.59 Å². The van der Waals surface area contributed by atoms with Gasteiger partial charge in [0.1, 0.15) is 6.54 Å². The van der Waals surface area contributed by atoms with Crippen molar-refractivity contribution in [1.29, 1.82) is 0 Å². The monoisotopic (exact) mass is 292 g/mol. The SMILES string of the molecule is Cc1ccc(NC(=O)Cn2ccc3ccccc3c2=O)cc1. The summed E-state index contributed by atoms with van der Waals surface area (Å²) in [7, 11) is 0. The first-order valence-corrected chi connectivity index (χ1v) is 7.08. The topological polar surface area (TPSA) is 51.1 Å². The van der Waals surface area contributed by atoms with E-state index in [1.54, 1.807) is 12.3 Å². The molecule has 0 saturated heterocycles. The number of aryl methyl sites for hydroxylation is 1. The number of aromatic nitrogens is 1. The van der Waals surface area contributed by atoms with Gasteiger partial charge in [0.05, 0.1) is 0 Å². The zero-order valence-corrected chi connectivity index (χ0v) is 12.2. The number of benzene rings is 2.